The molecule has 0 saturated carbocycles. The normalized spacial score (nSPS) is 11.1. The number of nitrogens with zero attached hydrogens (tertiary/aromatic N) is 2. The Bertz CT molecular complexity index is 468. The third-order valence-corrected chi connectivity index (χ3v) is 2.67. The molecule has 18 heavy (non-hydrogen) atoms. The topological polar surface area (TPSA) is 94.1 Å². The maximum atomic E-state index is 8.97. The van der Waals surface area contributed by atoms with E-state index >= 15 is 0 Å². The molecule has 6 heteroatoms. The summed E-state index contributed by atoms with van der Waals surface area (Å²) in [5.74, 6) is 0. The highest BCUT2D eigenvalue weighted by molar-refractivity contribution is 5.60. The van der Waals surface area contributed by atoms with Crippen LogP contribution in [0.1, 0.15) is 5.69 Å². The third kappa shape index (κ3) is 2.92. The summed E-state index contributed by atoms with van der Waals surface area (Å²) in [6.07, 6.45) is 0. The molecule has 2 rings (SSSR count). The molecule has 0 fully saturated rings. The van der Waals surface area contributed by atoms with Crippen LogP contribution in [0.4, 0.5) is 0 Å². The highest BCUT2D eigenvalue weighted by Gasteiger charge is 2.12. The molecule has 96 valence electrons. The Hall–Kier alpha value is -1.76. The summed E-state index contributed by atoms with van der Waals surface area (Å²) in [5, 5.41) is 31.7. The average Bonchev–Trinajstić information content (AvgIpc) is 2.89. The first-order valence-electron chi connectivity index (χ1n) is 5.75. The maximum absolute atomic E-state index is 8.97. The van der Waals surface area contributed by atoms with Crippen molar-refractivity contribution in [3.05, 3.63) is 36.0 Å². The van der Waals surface area contributed by atoms with Crippen molar-refractivity contribution in [3.63, 3.8) is 0 Å². The van der Waals surface area contributed by atoms with Crippen molar-refractivity contribution in [2.75, 3.05) is 13.2 Å². The summed E-state index contributed by atoms with van der Waals surface area (Å²) >= 11 is 0. The van der Waals surface area contributed by atoms with E-state index in [1.165, 1.54) is 0 Å². The number of H-pyrrole nitrogens is 1. The summed E-state index contributed by atoms with van der Waals surface area (Å²) in [7, 11) is 0. The molecule has 0 atom stereocenters. The van der Waals surface area contributed by atoms with Crippen LogP contribution in [-0.2, 0) is 6.54 Å². The number of benzene rings is 1. The largest absolute Gasteiger partial charge is 0.395 e. The molecule has 6 nitrogen and oxygen atoms in total. The highest BCUT2D eigenvalue weighted by Crippen LogP contribution is 2.18. The van der Waals surface area contributed by atoms with Crippen LogP contribution in [0.15, 0.2) is 30.3 Å². The molecule has 0 aliphatic heterocycles. The molecule has 0 aliphatic rings. The lowest BCUT2D eigenvalue weighted by atomic mass is 10.1. The summed E-state index contributed by atoms with van der Waals surface area (Å²) in [6.45, 7) is 0.205. The summed E-state index contributed by atoms with van der Waals surface area (Å²) in [5.41, 5.74) is 2.51. The average molecular weight is 248 g/mol. The predicted octanol–water partition coefficient (Wildman–Crippen LogP) is -0.0855. The zero-order valence-corrected chi connectivity index (χ0v) is 9.87. The Labute approximate surface area is 105 Å². The van der Waals surface area contributed by atoms with Gasteiger partial charge >= 0.3 is 0 Å². The molecule has 4 N–H and O–H groups in total. The fraction of sp³-hybridized carbons (Fsp3) is 0.333. The van der Waals surface area contributed by atoms with Crippen molar-refractivity contribution in [2.45, 2.75) is 12.6 Å². The second kappa shape index (κ2) is 6.25. The minimum absolute atomic E-state index is 0.116. The number of nitrogens with one attached hydrogen (secondary N) is 2. The maximum Gasteiger partial charge on any atom is 0.117 e. The minimum atomic E-state index is -0.342. The molecule has 0 unspecified atom stereocenters. The number of aromatic nitrogens is 3. The Morgan fingerprint density at radius 2 is 1.83 bits per heavy atom. The summed E-state index contributed by atoms with van der Waals surface area (Å²) in [6, 6.07) is 9.38. The third-order valence-electron chi connectivity index (χ3n) is 2.67. The van der Waals surface area contributed by atoms with E-state index in [4.69, 9.17) is 10.2 Å². The van der Waals surface area contributed by atoms with Crippen LogP contribution < -0.4 is 5.32 Å². The lowest BCUT2D eigenvalue weighted by Crippen LogP contribution is -2.35. The van der Waals surface area contributed by atoms with Crippen molar-refractivity contribution in [1.82, 2.24) is 20.7 Å². The first-order valence-corrected chi connectivity index (χ1v) is 5.75. The van der Waals surface area contributed by atoms with Crippen molar-refractivity contribution in [2.24, 2.45) is 0 Å². The van der Waals surface area contributed by atoms with Gasteiger partial charge in [-0.2, -0.15) is 15.4 Å². The van der Waals surface area contributed by atoms with Gasteiger partial charge in [0.05, 0.1) is 19.3 Å². The first-order chi connectivity index (χ1) is 8.85. The molecule has 1 aromatic carbocycles. The number of hydrogen-bond acceptors (Lipinski definition) is 5. The van der Waals surface area contributed by atoms with Crippen molar-refractivity contribution in [3.8, 4) is 11.3 Å². The second-order valence-corrected chi connectivity index (χ2v) is 3.93. The SMILES string of the molecule is OCC(CO)NCc1n[nH]nc1-c1ccccc1. The standard InChI is InChI=1S/C12H16N4O2/c17-7-10(8-18)13-6-11-12(15-16-14-11)9-4-2-1-3-5-9/h1-5,10,13,17-18H,6-8H2,(H,14,15,16). The summed E-state index contributed by atoms with van der Waals surface area (Å²) < 4.78 is 0. The number of aromatic amines is 1. The Balaban J connectivity index is 2.09. The first kappa shape index (κ1) is 12.7. The molecule has 0 bridgehead atoms. The van der Waals surface area contributed by atoms with E-state index in [1.807, 2.05) is 30.3 Å². The quantitative estimate of drug-likeness (QED) is 0.573. The van der Waals surface area contributed by atoms with Gasteiger partial charge in [-0.1, -0.05) is 30.3 Å². The predicted molar refractivity (Wildman–Crippen MR) is 66.6 cm³/mol. The number of rotatable bonds is 6. The number of hydrogen-bond donors (Lipinski definition) is 4. The highest BCUT2D eigenvalue weighted by atomic mass is 16.3. The van der Waals surface area contributed by atoms with Gasteiger partial charge < -0.3 is 15.5 Å². The van der Waals surface area contributed by atoms with E-state index in [9.17, 15) is 0 Å². The van der Waals surface area contributed by atoms with E-state index < -0.39 is 0 Å². The van der Waals surface area contributed by atoms with Crippen LogP contribution in [0, 0.1) is 0 Å². The smallest absolute Gasteiger partial charge is 0.117 e. The second-order valence-electron chi connectivity index (χ2n) is 3.93. The van der Waals surface area contributed by atoms with Crippen LogP contribution in [-0.4, -0.2) is 44.9 Å². The van der Waals surface area contributed by atoms with Gasteiger partial charge in [0.2, 0.25) is 0 Å². The van der Waals surface area contributed by atoms with E-state index in [2.05, 4.69) is 20.7 Å². The molecular formula is C12H16N4O2. The zero-order valence-electron chi connectivity index (χ0n) is 9.87. The van der Waals surface area contributed by atoms with Crippen LogP contribution in [0.2, 0.25) is 0 Å². The molecule has 0 amide bonds. The molecule has 2 aromatic rings. The molecule has 1 heterocycles. The summed E-state index contributed by atoms with van der Waals surface area (Å²) in [4.78, 5) is 0. The zero-order chi connectivity index (χ0) is 12.8. The van der Waals surface area contributed by atoms with Gasteiger partial charge in [-0.25, -0.2) is 0 Å². The molecular weight excluding hydrogens is 232 g/mol. The van der Waals surface area contributed by atoms with Gasteiger partial charge in [0.25, 0.3) is 0 Å². The van der Waals surface area contributed by atoms with E-state index in [0.29, 0.717) is 6.54 Å². The molecule has 0 spiro atoms. The monoisotopic (exact) mass is 248 g/mol. The number of aliphatic hydroxyl groups is 2. The van der Waals surface area contributed by atoms with E-state index in [1.54, 1.807) is 0 Å². The van der Waals surface area contributed by atoms with Crippen LogP contribution in [0.25, 0.3) is 11.3 Å². The number of aliphatic hydroxyl groups excluding tert-OH is 2. The molecule has 0 saturated heterocycles. The molecule has 1 aromatic heterocycles. The van der Waals surface area contributed by atoms with Crippen molar-refractivity contribution in [1.29, 1.82) is 0 Å². The van der Waals surface area contributed by atoms with Gasteiger partial charge in [0.15, 0.2) is 0 Å². The Kier molecular flexibility index (Phi) is 4.40. The van der Waals surface area contributed by atoms with Gasteiger partial charge in [0, 0.05) is 12.1 Å². The van der Waals surface area contributed by atoms with E-state index in [0.717, 1.165) is 17.0 Å². The molecule has 0 aliphatic carbocycles. The van der Waals surface area contributed by atoms with Crippen molar-refractivity contribution >= 4 is 0 Å². The van der Waals surface area contributed by atoms with Crippen molar-refractivity contribution < 1.29 is 10.2 Å². The minimum Gasteiger partial charge on any atom is -0.395 e. The van der Waals surface area contributed by atoms with Crippen LogP contribution in [0.5, 0.6) is 0 Å². The lowest BCUT2D eigenvalue weighted by molar-refractivity contribution is 0.170. The molecule has 0 radical (unpaired) electrons. The Morgan fingerprint density at radius 3 is 2.50 bits per heavy atom. The van der Waals surface area contributed by atoms with Gasteiger partial charge in [0.1, 0.15) is 11.4 Å². The van der Waals surface area contributed by atoms with Crippen LogP contribution in [0.3, 0.4) is 0 Å². The Morgan fingerprint density at radius 1 is 1.11 bits per heavy atom. The van der Waals surface area contributed by atoms with Gasteiger partial charge in [-0.3, -0.25) is 0 Å². The van der Waals surface area contributed by atoms with E-state index in [-0.39, 0.29) is 19.3 Å². The van der Waals surface area contributed by atoms with Gasteiger partial charge in [-0.15, -0.1) is 0 Å². The van der Waals surface area contributed by atoms with Gasteiger partial charge in [-0.05, 0) is 0 Å². The lowest BCUT2D eigenvalue weighted by Gasteiger charge is -2.12. The fourth-order valence-electron chi connectivity index (χ4n) is 1.63. The van der Waals surface area contributed by atoms with Crippen LogP contribution >= 0.6 is 0 Å². The fourth-order valence-corrected chi connectivity index (χ4v) is 1.63.